The van der Waals surface area contributed by atoms with Crippen LogP contribution in [0.15, 0.2) is 88.2 Å². The predicted octanol–water partition coefficient (Wildman–Crippen LogP) is 4.24. The maximum Gasteiger partial charge on any atom is 0.311 e. The van der Waals surface area contributed by atoms with Crippen LogP contribution in [0.25, 0.3) is 11.8 Å². The van der Waals surface area contributed by atoms with Crippen LogP contribution in [0.4, 0.5) is 5.69 Å². The Morgan fingerprint density at radius 2 is 1.86 bits per heavy atom. The molecule has 0 unspecified atom stereocenters. The third-order valence-electron chi connectivity index (χ3n) is 6.69. The number of nitrogens with zero attached hydrogens (tertiary/aromatic N) is 3. The molecule has 0 N–H and O–H groups in total. The van der Waals surface area contributed by atoms with Gasteiger partial charge in [-0.25, -0.2) is 4.99 Å². The first-order chi connectivity index (χ1) is 17.5. The molecule has 3 aromatic carbocycles. The molecule has 36 heavy (non-hydrogen) atoms. The molecule has 1 aromatic heterocycles. The van der Waals surface area contributed by atoms with Crippen LogP contribution in [0, 0.1) is 10.1 Å². The molecule has 2 aliphatic rings. The van der Waals surface area contributed by atoms with Crippen molar-refractivity contribution in [1.82, 2.24) is 4.57 Å². The summed E-state index contributed by atoms with van der Waals surface area (Å²) in [6, 6.07) is 22.8. The molecule has 4 aromatic rings. The van der Waals surface area contributed by atoms with Gasteiger partial charge in [-0.05, 0) is 47.2 Å². The summed E-state index contributed by atoms with van der Waals surface area (Å²) in [6.07, 6.45) is 3.41. The molecule has 0 saturated carbocycles. The molecule has 7 nitrogen and oxygen atoms in total. The predicted molar refractivity (Wildman–Crippen MR) is 139 cm³/mol. The molecule has 8 heteroatoms. The Morgan fingerprint density at radius 3 is 2.64 bits per heavy atom. The van der Waals surface area contributed by atoms with Gasteiger partial charge in [0.1, 0.15) is 0 Å². The van der Waals surface area contributed by atoms with E-state index in [4.69, 9.17) is 9.73 Å². The van der Waals surface area contributed by atoms with E-state index >= 15 is 0 Å². The normalized spacial score (nSPS) is 16.6. The third-order valence-corrected chi connectivity index (χ3v) is 7.67. The van der Waals surface area contributed by atoms with E-state index in [2.05, 4.69) is 12.1 Å². The fourth-order valence-electron chi connectivity index (χ4n) is 5.05. The van der Waals surface area contributed by atoms with Crippen molar-refractivity contribution in [3.8, 4) is 5.75 Å². The van der Waals surface area contributed by atoms with Crippen LogP contribution in [0.3, 0.4) is 0 Å². The lowest BCUT2D eigenvalue weighted by atomic mass is 9.83. The number of methoxy groups -OCH3 is 1. The summed E-state index contributed by atoms with van der Waals surface area (Å²) in [4.78, 5) is 30.4. The second-order valence-corrected chi connectivity index (χ2v) is 9.72. The summed E-state index contributed by atoms with van der Waals surface area (Å²) in [5.74, 6) is 0.175. The van der Waals surface area contributed by atoms with Crippen LogP contribution in [-0.4, -0.2) is 16.6 Å². The van der Waals surface area contributed by atoms with Crippen LogP contribution in [0.1, 0.15) is 34.7 Å². The number of hydrogen-bond acceptors (Lipinski definition) is 6. The Hall–Kier alpha value is -4.30. The van der Waals surface area contributed by atoms with Crippen molar-refractivity contribution in [2.45, 2.75) is 18.9 Å². The number of aryl methyl sites for hydroxylation is 1. The largest absolute Gasteiger partial charge is 0.490 e. The Balaban J connectivity index is 1.58. The highest BCUT2D eigenvalue weighted by molar-refractivity contribution is 7.07. The highest BCUT2D eigenvalue weighted by atomic mass is 32.1. The van der Waals surface area contributed by atoms with Gasteiger partial charge in [0.25, 0.3) is 5.56 Å². The first-order valence-corrected chi connectivity index (χ1v) is 12.4. The van der Waals surface area contributed by atoms with Crippen LogP contribution in [0.2, 0.25) is 0 Å². The Morgan fingerprint density at radius 1 is 1.08 bits per heavy atom. The second kappa shape index (κ2) is 8.73. The molecule has 178 valence electrons. The number of rotatable bonds is 4. The summed E-state index contributed by atoms with van der Waals surface area (Å²) in [6.45, 7) is 0. The van der Waals surface area contributed by atoms with Crippen molar-refractivity contribution < 1.29 is 9.66 Å². The van der Waals surface area contributed by atoms with Crippen LogP contribution in [0.5, 0.6) is 5.75 Å². The number of nitro benzene ring substituents is 1. The SMILES string of the molecule is COc1ccc(/C=c2\sc3n(c2=O)[C@H](c2ccccc2)C2=C(N=3)c3ccccc3CC2)cc1[N+](=O)[O-]. The fourth-order valence-corrected chi connectivity index (χ4v) is 6.05. The summed E-state index contributed by atoms with van der Waals surface area (Å²) >= 11 is 1.30. The molecule has 0 amide bonds. The number of allylic oxidation sites excluding steroid dienone is 1. The number of ether oxygens (including phenoxy) is 1. The average Bonchev–Trinajstić information content (AvgIpc) is 3.22. The average molecular weight is 496 g/mol. The Bertz CT molecular complexity index is 1730. The van der Waals surface area contributed by atoms with Crippen LogP contribution in [-0.2, 0) is 6.42 Å². The zero-order valence-corrected chi connectivity index (χ0v) is 20.2. The van der Waals surface area contributed by atoms with Gasteiger partial charge in [-0.1, -0.05) is 72.0 Å². The van der Waals surface area contributed by atoms with E-state index in [9.17, 15) is 14.9 Å². The maximum absolute atomic E-state index is 13.8. The van der Waals surface area contributed by atoms with Crippen LogP contribution >= 0.6 is 11.3 Å². The minimum absolute atomic E-state index is 0.145. The zero-order valence-electron chi connectivity index (χ0n) is 19.4. The highest BCUT2D eigenvalue weighted by Crippen LogP contribution is 2.41. The van der Waals surface area contributed by atoms with Crippen molar-refractivity contribution in [2.24, 2.45) is 4.99 Å². The van der Waals surface area contributed by atoms with Crippen molar-refractivity contribution in [3.05, 3.63) is 130 Å². The minimum atomic E-state index is -0.487. The van der Waals surface area contributed by atoms with Gasteiger partial charge >= 0.3 is 5.69 Å². The first kappa shape index (κ1) is 22.2. The molecule has 0 radical (unpaired) electrons. The highest BCUT2D eigenvalue weighted by Gasteiger charge is 2.32. The standard InChI is InChI=1S/C28H21N3O4S/c1-35-23-14-11-17(15-22(23)31(33)34)16-24-27(32)30-26(19-8-3-2-4-9-19)21-13-12-18-7-5-6-10-20(18)25(21)29-28(30)36-24/h2-11,14-16,26H,12-13H2,1H3/b24-16-/t26-/m1/s1. The first-order valence-electron chi connectivity index (χ1n) is 11.6. The van der Waals surface area contributed by atoms with Gasteiger partial charge in [0, 0.05) is 11.6 Å². The number of fused-ring (bicyclic) bond motifs is 3. The summed E-state index contributed by atoms with van der Waals surface area (Å²) < 4.78 is 7.36. The lowest BCUT2D eigenvalue weighted by Gasteiger charge is -2.30. The number of nitro groups is 1. The van der Waals surface area contributed by atoms with E-state index in [-0.39, 0.29) is 23.0 Å². The van der Waals surface area contributed by atoms with Gasteiger partial charge in [0.15, 0.2) is 10.6 Å². The molecule has 0 bridgehead atoms. The van der Waals surface area contributed by atoms with E-state index in [0.29, 0.717) is 14.9 Å². The topological polar surface area (TPSA) is 86.7 Å². The molecule has 0 saturated heterocycles. The van der Waals surface area contributed by atoms with E-state index in [1.54, 1.807) is 22.8 Å². The van der Waals surface area contributed by atoms with E-state index in [1.165, 1.54) is 30.1 Å². The number of thiazole rings is 1. The fraction of sp³-hybridized carbons (Fsp3) is 0.143. The Kier molecular flexibility index (Phi) is 5.38. The molecule has 1 aliphatic carbocycles. The van der Waals surface area contributed by atoms with Gasteiger partial charge in [0.05, 0.1) is 28.3 Å². The minimum Gasteiger partial charge on any atom is -0.490 e. The molecule has 6 rings (SSSR count). The zero-order chi connectivity index (χ0) is 24.8. The number of hydrogen-bond donors (Lipinski definition) is 0. The van der Waals surface area contributed by atoms with Gasteiger partial charge in [-0.15, -0.1) is 0 Å². The van der Waals surface area contributed by atoms with Gasteiger partial charge in [-0.2, -0.15) is 0 Å². The molecule has 1 atom stereocenters. The second-order valence-electron chi connectivity index (χ2n) is 8.71. The number of aromatic nitrogens is 1. The maximum atomic E-state index is 13.8. The Labute approximate surface area is 210 Å². The van der Waals surface area contributed by atoms with Gasteiger partial charge in [-0.3, -0.25) is 19.5 Å². The number of benzene rings is 3. The quantitative estimate of drug-likeness (QED) is 0.313. The van der Waals surface area contributed by atoms with Gasteiger partial charge in [0.2, 0.25) is 0 Å². The van der Waals surface area contributed by atoms with E-state index in [0.717, 1.165) is 35.2 Å². The summed E-state index contributed by atoms with van der Waals surface area (Å²) in [5.41, 5.74) is 5.74. The molecule has 2 heterocycles. The smallest absolute Gasteiger partial charge is 0.311 e. The van der Waals surface area contributed by atoms with Crippen LogP contribution < -0.4 is 19.6 Å². The lowest BCUT2D eigenvalue weighted by Crippen LogP contribution is -2.38. The summed E-state index contributed by atoms with van der Waals surface area (Å²) in [7, 11) is 1.39. The van der Waals surface area contributed by atoms with Crippen molar-refractivity contribution in [2.75, 3.05) is 7.11 Å². The summed E-state index contributed by atoms with van der Waals surface area (Å²) in [5, 5.41) is 11.5. The monoisotopic (exact) mass is 495 g/mol. The van der Waals surface area contributed by atoms with E-state index < -0.39 is 4.92 Å². The van der Waals surface area contributed by atoms with Crippen molar-refractivity contribution in [3.63, 3.8) is 0 Å². The molecule has 1 aliphatic heterocycles. The van der Waals surface area contributed by atoms with Gasteiger partial charge < -0.3 is 4.74 Å². The van der Waals surface area contributed by atoms with Crippen molar-refractivity contribution in [1.29, 1.82) is 0 Å². The third kappa shape index (κ3) is 3.58. The van der Waals surface area contributed by atoms with Crippen molar-refractivity contribution >= 4 is 28.8 Å². The van der Waals surface area contributed by atoms with E-state index in [1.807, 2.05) is 42.5 Å². The molecular weight excluding hydrogens is 474 g/mol. The lowest BCUT2D eigenvalue weighted by molar-refractivity contribution is -0.385. The molecular formula is C28H21N3O4S. The molecule has 0 spiro atoms. The molecule has 0 fully saturated rings.